The first-order chi connectivity index (χ1) is 8.44. The topological polar surface area (TPSA) is 28.2 Å². The highest BCUT2D eigenvalue weighted by molar-refractivity contribution is 7.13. The molecule has 1 aliphatic rings. The second-order valence-corrected chi connectivity index (χ2v) is 7.25. The smallest absolute Gasteiger partial charge is 0.185 e. The van der Waals surface area contributed by atoms with Crippen LogP contribution in [0.2, 0.25) is 0 Å². The van der Waals surface area contributed by atoms with Gasteiger partial charge in [0.05, 0.1) is 5.69 Å². The number of hydrogen-bond acceptors (Lipinski definition) is 4. The predicted octanol–water partition coefficient (Wildman–Crippen LogP) is 3.27. The summed E-state index contributed by atoms with van der Waals surface area (Å²) in [6, 6.07) is 0. The van der Waals surface area contributed by atoms with E-state index in [1.807, 2.05) is 0 Å². The fourth-order valence-corrected chi connectivity index (χ4v) is 3.10. The second kappa shape index (κ2) is 5.57. The first-order valence-corrected chi connectivity index (χ1v) is 7.76. The van der Waals surface area contributed by atoms with E-state index in [9.17, 15) is 0 Å². The Morgan fingerprint density at radius 3 is 2.94 bits per heavy atom. The second-order valence-electron chi connectivity index (χ2n) is 6.42. The lowest BCUT2D eigenvalue weighted by Crippen LogP contribution is -2.35. The van der Waals surface area contributed by atoms with Crippen molar-refractivity contribution >= 4 is 16.5 Å². The van der Waals surface area contributed by atoms with Crippen LogP contribution in [0, 0.1) is 5.92 Å². The van der Waals surface area contributed by atoms with Crippen molar-refractivity contribution in [1.82, 2.24) is 10.3 Å². The molecular weight excluding hydrogens is 242 g/mol. The lowest BCUT2D eigenvalue weighted by atomic mass is 10.0. The van der Waals surface area contributed by atoms with Crippen LogP contribution in [0.15, 0.2) is 5.38 Å². The summed E-state index contributed by atoms with van der Waals surface area (Å²) in [5.41, 5.74) is 1.33. The molecule has 1 aromatic rings. The van der Waals surface area contributed by atoms with Crippen LogP contribution in [0.4, 0.5) is 5.13 Å². The monoisotopic (exact) mass is 267 g/mol. The van der Waals surface area contributed by atoms with Gasteiger partial charge in [-0.25, -0.2) is 4.98 Å². The van der Waals surface area contributed by atoms with Crippen molar-refractivity contribution in [3.8, 4) is 0 Å². The summed E-state index contributed by atoms with van der Waals surface area (Å²) in [7, 11) is 0. The van der Waals surface area contributed by atoms with Gasteiger partial charge in [0.2, 0.25) is 0 Å². The highest BCUT2D eigenvalue weighted by atomic mass is 32.1. The summed E-state index contributed by atoms with van der Waals surface area (Å²) in [4.78, 5) is 7.20. The van der Waals surface area contributed by atoms with Gasteiger partial charge in [-0.1, -0.05) is 6.92 Å². The largest absolute Gasteiger partial charge is 0.348 e. The SMILES string of the molecule is CC1CCCN(c2nc(CNC(C)(C)C)cs2)C1. The summed E-state index contributed by atoms with van der Waals surface area (Å²) in [6.45, 7) is 12.1. The zero-order valence-electron chi connectivity index (χ0n) is 12.0. The highest BCUT2D eigenvalue weighted by Crippen LogP contribution is 2.26. The van der Waals surface area contributed by atoms with Crippen molar-refractivity contribution in [3.05, 3.63) is 11.1 Å². The van der Waals surface area contributed by atoms with Gasteiger partial charge in [0.1, 0.15) is 0 Å². The molecule has 4 heteroatoms. The molecule has 3 nitrogen and oxygen atoms in total. The maximum atomic E-state index is 4.75. The molecule has 0 spiro atoms. The van der Waals surface area contributed by atoms with Crippen molar-refractivity contribution in [1.29, 1.82) is 0 Å². The molecule has 0 aliphatic carbocycles. The van der Waals surface area contributed by atoms with Crippen molar-refractivity contribution in [3.63, 3.8) is 0 Å². The lowest BCUT2D eigenvalue weighted by Gasteiger charge is -2.30. The predicted molar refractivity (Wildman–Crippen MR) is 79.3 cm³/mol. The molecule has 102 valence electrons. The van der Waals surface area contributed by atoms with E-state index in [2.05, 4.69) is 43.3 Å². The Morgan fingerprint density at radius 2 is 2.28 bits per heavy atom. The lowest BCUT2D eigenvalue weighted by molar-refractivity contribution is 0.421. The summed E-state index contributed by atoms with van der Waals surface area (Å²) in [5, 5.41) is 6.88. The van der Waals surface area contributed by atoms with Crippen molar-refractivity contribution < 1.29 is 0 Å². The number of rotatable bonds is 3. The minimum absolute atomic E-state index is 0.156. The molecular formula is C14H25N3S. The fraction of sp³-hybridized carbons (Fsp3) is 0.786. The molecule has 18 heavy (non-hydrogen) atoms. The van der Waals surface area contributed by atoms with Crippen LogP contribution >= 0.6 is 11.3 Å². The molecule has 2 rings (SSSR count). The van der Waals surface area contributed by atoms with Gasteiger partial charge in [0.25, 0.3) is 0 Å². The molecule has 2 heterocycles. The number of nitrogens with zero attached hydrogens (tertiary/aromatic N) is 2. The van der Waals surface area contributed by atoms with Gasteiger partial charge in [-0.05, 0) is 39.5 Å². The summed E-state index contributed by atoms with van der Waals surface area (Å²) in [6.07, 6.45) is 2.66. The van der Waals surface area contributed by atoms with Crippen LogP contribution in [-0.2, 0) is 6.54 Å². The first kappa shape index (κ1) is 13.8. The van der Waals surface area contributed by atoms with Crippen LogP contribution in [-0.4, -0.2) is 23.6 Å². The van der Waals surface area contributed by atoms with Crippen molar-refractivity contribution in [2.24, 2.45) is 5.92 Å². The molecule has 1 N–H and O–H groups in total. The highest BCUT2D eigenvalue weighted by Gasteiger charge is 2.19. The van der Waals surface area contributed by atoms with E-state index >= 15 is 0 Å². The molecule has 0 amide bonds. The first-order valence-electron chi connectivity index (χ1n) is 6.88. The van der Waals surface area contributed by atoms with Gasteiger partial charge in [-0.3, -0.25) is 0 Å². The number of thiazole rings is 1. The molecule has 1 aromatic heterocycles. The number of nitrogens with one attached hydrogen (secondary N) is 1. The van der Waals surface area contributed by atoms with E-state index in [4.69, 9.17) is 4.98 Å². The molecule has 0 aromatic carbocycles. The van der Waals surface area contributed by atoms with E-state index < -0.39 is 0 Å². The third-order valence-electron chi connectivity index (χ3n) is 3.27. The van der Waals surface area contributed by atoms with E-state index in [-0.39, 0.29) is 5.54 Å². The van der Waals surface area contributed by atoms with Crippen LogP contribution in [0.5, 0.6) is 0 Å². The Hall–Kier alpha value is -0.610. The molecule has 1 atom stereocenters. The summed E-state index contributed by atoms with van der Waals surface area (Å²) < 4.78 is 0. The minimum atomic E-state index is 0.156. The van der Waals surface area contributed by atoms with E-state index in [0.717, 1.165) is 12.5 Å². The number of anilines is 1. The van der Waals surface area contributed by atoms with Gasteiger partial charge in [-0.2, -0.15) is 0 Å². The van der Waals surface area contributed by atoms with E-state index in [0.29, 0.717) is 0 Å². The Balaban J connectivity index is 1.93. The van der Waals surface area contributed by atoms with Crippen molar-refractivity contribution in [2.45, 2.75) is 52.6 Å². The van der Waals surface area contributed by atoms with Crippen LogP contribution in [0.3, 0.4) is 0 Å². The molecule has 0 radical (unpaired) electrons. The van der Waals surface area contributed by atoms with Gasteiger partial charge < -0.3 is 10.2 Å². The molecule has 1 aliphatic heterocycles. The maximum absolute atomic E-state index is 4.75. The van der Waals surface area contributed by atoms with E-state index in [1.54, 1.807) is 11.3 Å². The Kier molecular flexibility index (Phi) is 4.28. The van der Waals surface area contributed by atoms with E-state index in [1.165, 1.54) is 36.8 Å². The third kappa shape index (κ3) is 3.95. The Morgan fingerprint density at radius 1 is 1.50 bits per heavy atom. The summed E-state index contributed by atoms with van der Waals surface area (Å²) in [5.74, 6) is 0.804. The molecule has 1 unspecified atom stereocenters. The van der Waals surface area contributed by atoms with Gasteiger partial charge in [-0.15, -0.1) is 11.3 Å². The molecule has 0 saturated carbocycles. The minimum Gasteiger partial charge on any atom is -0.348 e. The maximum Gasteiger partial charge on any atom is 0.185 e. The average Bonchev–Trinajstić information content (AvgIpc) is 2.74. The number of aromatic nitrogens is 1. The Bertz CT molecular complexity index is 381. The quantitative estimate of drug-likeness (QED) is 0.911. The third-order valence-corrected chi connectivity index (χ3v) is 4.22. The normalized spacial score (nSPS) is 21.3. The fourth-order valence-electron chi connectivity index (χ4n) is 2.24. The zero-order chi connectivity index (χ0) is 13.2. The molecule has 0 bridgehead atoms. The zero-order valence-corrected chi connectivity index (χ0v) is 12.8. The molecule has 1 fully saturated rings. The van der Waals surface area contributed by atoms with Gasteiger partial charge in [0.15, 0.2) is 5.13 Å². The summed E-state index contributed by atoms with van der Waals surface area (Å²) >= 11 is 1.78. The van der Waals surface area contributed by atoms with Crippen LogP contribution in [0.1, 0.15) is 46.2 Å². The average molecular weight is 267 g/mol. The number of piperidine rings is 1. The van der Waals surface area contributed by atoms with Crippen LogP contribution < -0.4 is 10.2 Å². The van der Waals surface area contributed by atoms with Gasteiger partial charge in [0, 0.05) is 30.6 Å². The standard InChI is InChI=1S/C14H25N3S/c1-11-6-5-7-17(9-11)13-16-12(10-18-13)8-15-14(2,3)4/h10-11,15H,5-9H2,1-4H3. The Labute approximate surface area is 115 Å². The number of hydrogen-bond donors (Lipinski definition) is 1. The van der Waals surface area contributed by atoms with Gasteiger partial charge >= 0.3 is 0 Å². The van der Waals surface area contributed by atoms with Crippen LogP contribution in [0.25, 0.3) is 0 Å². The molecule has 1 saturated heterocycles. The van der Waals surface area contributed by atoms with Crippen molar-refractivity contribution in [2.75, 3.05) is 18.0 Å².